The van der Waals surface area contributed by atoms with E-state index < -0.39 is 0 Å². The Morgan fingerprint density at radius 3 is 2.55 bits per heavy atom. The molecule has 1 amide bonds. The fraction of sp³-hybridized carbons (Fsp3) is 0.562. The van der Waals surface area contributed by atoms with Crippen LogP contribution < -0.4 is 11.1 Å². The van der Waals surface area contributed by atoms with Gasteiger partial charge in [-0.05, 0) is 43.4 Å². The number of nitrogens with one attached hydrogen (secondary N) is 1. The summed E-state index contributed by atoms with van der Waals surface area (Å²) in [6, 6.07) is 5.63. The summed E-state index contributed by atoms with van der Waals surface area (Å²) in [5.41, 5.74) is 8.35. The first kappa shape index (κ1) is 16.8. The molecule has 0 saturated heterocycles. The number of hydrogen-bond donors (Lipinski definition) is 2. The Morgan fingerprint density at radius 2 is 1.90 bits per heavy atom. The van der Waals surface area contributed by atoms with Gasteiger partial charge in [0, 0.05) is 17.8 Å². The second-order valence-corrected chi connectivity index (χ2v) is 5.68. The number of halogens is 1. The van der Waals surface area contributed by atoms with E-state index in [1.807, 2.05) is 25.1 Å². The van der Waals surface area contributed by atoms with Gasteiger partial charge < -0.3 is 11.1 Å². The van der Waals surface area contributed by atoms with Gasteiger partial charge in [0.25, 0.3) is 0 Å². The Bertz CT molecular complexity index is 440. The zero-order valence-corrected chi connectivity index (χ0v) is 13.0. The number of carbonyl (C=O) groups excluding carboxylic acids is 1. The second kappa shape index (κ2) is 8.15. The maximum Gasteiger partial charge on any atom is 0.224 e. The van der Waals surface area contributed by atoms with Gasteiger partial charge in [0.2, 0.25) is 5.91 Å². The van der Waals surface area contributed by atoms with Gasteiger partial charge in [-0.2, -0.15) is 0 Å². The highest BCUT2D eigenvalue weighted by Gasteiger charge is 2.16. The number of anilines is 2. The topological polar surface area (TPSA) is 55.1 Å². The fourth-order valence-corrected chi connectivity index (χ4v) is 2.81. The van der Waals surface area contributed by atoms with Crippen molar-refractivity contribution >= 4 is 29.7 Å². The van der Waals surface area contributed by atoms with Crippen LogP contribution in [0.1, 0.15) is 50.5 Å². The summed E-state index contributed by atoms with van der Waals surface area (Å²) in [5, 5.41) is 3.00. The summed E-state index contributed by atoms with van der Waals surface area (Å²) >= 11 is 0. The molecule has 112 valence electrons. The van der Waals surface area contributed by atoms with E-state index in [0.29, 0.717) is 18.0 Å². The van der Waals surface area contributed by atoms with E-state index in [9.17, 15) is 4.79 Å². The highest BCUT2D eigenvalue weighted by molar-refractivity contribution is 5.92. The smallest absolute Gasteiger partial charge is 0.224 e. The minimum Gasteiger partial charge on any atom is -0.399 e. The van der Waals surface area contributed by atoms with Gasteiger partial charge in [-0.1, -0.05) is 31.7 Å². The van der Waals surface area contributed by atoms with Gasteiger partial charge in [-0.3, -0.25) is 4.79 Å². The summed E-state index contributed by atoms with van der Waals surface area (Å²) in [6.07, 6.45) is 8.24. The highest BCUT2D eigenvalue weighted by atomic mass is 35.5. The number of carbonyl (C=O) groups is 1. The predicted octanol–water partition coefficient (Wildman–Crippen LogP) is 4.30. The average molecular weight is 297 g/mol. The predicted molar refractivity (Wildman–Crippen MR) is 87.3 cm³/mol. The van der Waals surface area contributed by atoms with Gasteiger partial charge in [0.15, 0.2) is 0 Å². The molecule has 2 rings (SSSR count). The SMILES string of the molecule is Cc1ccc(N)cc1NC(=O)CC1CCCCCC1.Cl. The van der Waals surface area contributed by atoms with Crippen molar-refractivity contribution in [2.24, 2.45) is 5.92 Å². The quantitative estimate of drug-likeness (QED) is 0.645. The zero-order chi connectivity index (χ0) is 13.7. The van der Waals surface area contributed by atoms with Crippen LogP contribution in [0.3, 0.4) is 0 Å². The molecule has 1 saturated carbocycles. The van der Waals surface area contributed by atoms with Crippen LogP contribution in [0.25, 0.3) is 0 Å². The monoisotopic (exact) mass is 296 g/mol. The number of aryl methyl sites for hydroxylation is 1. The maximum atomic E-state index is 12.1. The molecule has 0 bridgehead atoms. The van der Waals surface area contributed by atoms with Crippen LogP contribution in [0.15, 0.2) is 18.2 Å². The van der Waals surface area contributed by atoms with Crippen molar-refractivity contribution in [3.8, 4) is 0 Å². The van der Waals surface area contributed by atoms with E-state index in [0.717, 1.165) is 11.3 Å². The van der Waals surface area contributed by atoms with Crippen molar-refractivity contribution in [3.05, 3.63) is 23.8 Å². The molecule has 0 aliphatic heterocycles. The Balaban J connectivity index is 0.00000200. The molecule has 0 radical (unpaired) electrons. The lowest BCUT2D eigenvalue weighted by Crippen LogP contribution is -2.17. The van der Waals surface area contributed by atoms with Crippen molar-refractivity contribution in [2.45, 2.75) is 51.9 Å². The Hall–Kier alpha value is -1.22. The summed E-state index contributed by atoms with van der Waals surface area (Å²) in [5.74, 6) is 0.685. The van der Waals surface area contributed by atoms with E-state index in [4.69, 9.17) is 5.73 Å². The Labute approximate surface area is 127 Å². The molecular formula is C16H25ClN2O. The second-order valence-electron chi connectivity index (χ2n) is 5.68. The van der Waals surface area contributed by atoms with Crippen LogP contribution in [0.2, 0.25) is 0 Å². The van der Waals surface area contributed by atoms with Crippen LogP contribution >= 0.6 is 12.4 Å². The third-order valence-electron chi connectivity index (χ3n) is 3.98. The maximum absolute atomic E-state index is 12.1. The number of nitrogen functional groups attached to an aromatic ring is 1. The Kier molecular flexibility index (Phi) is 6.86. The largest absolute Gasteiger partial charge is 0.399 e. The molecular weight excluding hydrogens is 272 g/mol. The first-order valence-corrected chi connectivity index (χ1v) is 7.31. The molecule has 1 aromatic carbocycles. The average Bonchev–Trinajstić information content (AvgIpc) is 2.62. The van der Waals surface area contributed by atoms with Crippen molar-refractivity contribution < 1.29 is 4.79 Å². The summed E-state index contributed by atoms with van der Waals surface area (Å²) < 4.78 is 0. The van der Waals surface area contributed by atoms with Crippen molar-refractivity contribution in [1.82, 2.24) is 0 Å². The molecule has 3 N–H and O–H groups in total. The van der Waals surface area contributed by atoms with Crippen molar-refractivity contribution in [1.29, 1.82) is 0 Å². The molecule has 0 aromatic heterocycles. The molecule has 1 aromatic rings. The first-order chi connectivity index (χ1) is 9.15. The third kappa shape index (κ3) is 5.04. The normalized spacial score (nSPS) is 16.1. The zero-order valence-electron chi connectivity index (χ0n) is 12.2. The summed E-state index contributed by atoms with van der Waals surface area (Å²) in [4.78, 5) is 12.1. The van der Waals surface area contributed by atoms with E-state index in [1.165, 1.54) is 38.5 Å². The fourth-order valence-electron chi connectivity index (χ4n) is 2.81. The summed E-state index contributed by atoms with van der Waals surface area (Å²) in [6.45, 7) is 1.99. The minimum atomic E-state index is 0. The molecule has 0 heterocycles. The van der Waals surface area contributed by atoms with Crippen LogP contribution in [0.4, 0.5) is 11.4 Å². The van der Waals surface area contributed by atoms with E-state index in [1.54, 1.807) is 0 Å². The molecule has 1 aliphatic carbocycles. The minimum absolute atomic E-state index is 0. The molecule has 1 fully saturated rings. The van der Waals surface area contributed by atoms with Crippen LogP contribution in [-0.2, 0) is 4.79 Å². The molecule has 0 unspecified atom stereocenters. The van der Waals surface area contributed by atoms with Crippen molar-refractivity contribution in [2.75, 3.05) is 11.1 Å². The molecule has 1 aliphatic rings. The number of rotatable bonds is 3. The van der Waals surface area contributed by atoms with Gasteiger partial charge >= 0.3 is 0 Å². The summed E-state index contributed by atoms with van der Waals surface area (Å²) in [7, 11) is 0. The van der Waals surface area contributed by atoms with Crippen molar-refractivity contribution in [3.63, 3.8) is 0 Å². The number of hydrogen-bond acceptors (Lipinski definition) is 2. The van der Waals surface area contributed by atoms with Crippen LogP contribution in [0, 0.1) is 12.8 Å². The van der Waals surface area contributed by atoms with Gasteiger partial charge in [-0.25, -0.2) is 0 Å². The van der Waals surface area contributed by atoms with Gasteiger partial charge in [0.1, 0.15) is 0 Å². The van der Waals surface area contributed by atoms with E-state index >= 15 is 0 Å². The number of benzene rings is 1. The lowest BCUT2D eigenvalue weighted by atomic mass is 9.96. The molecule has 20 heavy (non-hydrogen) atoms. The first-order valence-electron chi connectivity index (χ1n) is 7.31. The van der Waals surface area contributed by atoms with Gasteiger partial charge in [0.05, 0.1) is 0 Å². The Morgan fingerprint density at radius 1 is 1.25 bits per heavy atom. The third-order valence-corrected chi connectivity index (χ3v) is 3.98. The molecule has 4 heteroatoms. The lowest BCUT2D eigenvalue weighted by molar-refractivity contribution is -0.117. The molecule has 0 spiro atoms. The van der Waals surface area contributed by atoms with E-state index in [2.05, 4.69) is 5.32 Å². The van der Waals surface area contributed by atoms with Gasteiger partial charge in [-0.15, -0.1) is 12.4 Å². The lowest BCUT2D eigenvalue weighted by Gasteiger charge is -2.14. The standard InChI is InChI=1S/C16H24N2O.ClH/c1-12-8-9-14(17)11-15(12)18-16(19)10-13-6-4-2-3-5-7-13;/h8-9,11,13H,2-7,10,17H2,1H3,(H,18,19);1H. The van der Waals surface area contributed by atoms with Crippen LogP contribution in [0.5, 0.6) is 0 Å². The van der Waals surface area contributed by atoms with E-state index in [-0.39, 0.29) is 18.3 Å². The molecule has 0 atom stereocenters. The van der Waals surface area contributed by atoms with Crippen LogP contribution in [-0.4, -0.2) is 5.91 Å². The number of nitrogens with two attached hydrogens (primary N) is 1. The highest BCUT2D eigenvalue weighted by Crippen LogP contribution is 2.26. The molecule has 3 nitrogen and oxygen atoms in total. The number of amides is 1.